The van der Waals surface area contributed by atoms with Crippen molar-refractivity contribution in [3.05, 3.63) is 59.2 Å². The van der Waals surface area contributed by atoms with Crippen molar-refractivity contribution in [2.45, 2.75) is 45.6 Å². The van der Waals surface area contributed by atoms with Crippen LogP contribution in [-0.4, -0.2) is 12.7 Å². The second-order valence-electron chi connectivity index (χ2n) is 6.88. The highest BCUT2D eigenvalue weighted by molar-refractivity contribution is 5.65. The minimum absolute atomic E-state index is 0.319. The number of rotatable bonds is 4. The SMILES string of the molecule is Cc1ccc(-c2ccc(CCC3CCC(C)OC3)cc2)c(F)c1F. The molecule has 0 bridgehead atoms. The van der Waals surface area contributed by atoms with E-state index in [0.717, 1.165) is 25.9 Å². The predicted molar refractivity (Wildman–Crippen MR) is 93.0 cm³/mol. The molecule has 2 aromatic rings. The first-order valence-electron chi connectivity index (χ1n) is 8.70. The molecule has 24 heavy (non-hydrogen) atoms. The summed E-state index contributed by atoms with van der Waals surface area (Å²) in [5, 5.41) is 0. The molecule has 1 aliphatic rings. The first kappa shape index (κ1) is 17.1. The van der Waals surface area contributed by atoms with Crippen LogP contribution in [0.3, 0.4) is 0 Å². The van der Waals surface area contributed by atoms with Crippen molar-refractivity contribution in [3.63, 3.8) is 0 Å². The fourth-order valence-corrected chi connectivity index (χ4v) is 3.26. The van der Waals surface area contributed by atoms with Crippen LogP contribution >= 0.6 is 0 Å². The lowest BCUT2D eigenvalue weighted by molar-refractivity contribution is -0.00694. The molecule has 0 N–H and O–H groups in total. The van der Waals surface area contributed by atoms with E-state index in [1.165, 1.54) is 12.0 Å². The first-order chi connectivity index (χ1) is 11.5. The Bertz CT molecular complexity index is 686. The van der Waals surface area contributed by atoms with Crippen molar-refractivity contribution in [1.82, 2.24) is 0 Å². The molecule has 1 nitrogen and oxygen atoms in total. The molecular formula is C21H24F2O. The van der Waals surface area contributed by atoms with Gasteiger partial charge in [0.25, 0.3) is 0 Å². The Morgan fingerprint density at radius 2 is 1.75 bits per heavy atom. The Hall–Kier alpha value is -1.74. The monoisotopic (exact) mass is 330 g/mol. The van der Waals surface area contributed by atoms with Gasteiger partial charge in [-0.15, -0.1) is 0 Å². The zero-order valence-corrected chi connectivity index (χ0v) is 14.3. The summed E-state index contributed by atoms with van der Waals surface area (Å²) in [7, 11) is 0. The van der Waals surface area contributed by atoms with E-state index in [-0.39, 0.29) is 0 Å². The van der Waals surface area contributed by atoms with Crippen molar-refractivity contribution in [2.24, 2.45) is 5.92 Å². The van der Waals surface area contributed by atoms with Gasteiger partial charge in [-0.3, -0.25) is 0 Å². The van der Waals surface area contributed by atoms with Crippen LogP contribution in [0.2, 0.25) is 0 Å². The van der Waals surface area contributed by atoms with E-state index in [1.54, 1.807) is 19.1 Å². The van der Waals surface area contributed by atoms with E-state index in [1.807, 2.05) is 24.3 Å². The molecule has 1 fully saturated rings. The highest BCUT2D eigenvalue weighted by atomic mass is 19.2. The summed E-state index contributed by atoms with van der Waals surface area (Å²) in [6.07, 6.45) is 4.87. The normalized spacial score (nSPS) is 21.0. The van der Waals surface area contributed by atoms with Gasteiger partial charge in [-0.05, 0) is 62.1 Å². The smallest absolute Gasteiger partial charge is 0.166 e. The topological polar surface area (TPSA) is 9.23 Å². The largest absolute Gasteiger partial charge is 0.378 e. The average Bonchev–Trinajstić information content (AvgIpc) is 2.60. The summed E-state index contributed by atoms with van der Waals surface area (Å²) in [6, 6.07) is 11.0. The lowest BCUT2D eigenvalue weighted by atomic mass is 9.92. The summed E-state index contributed by atoms with van der Waals surface area (Å²) in [4.78, 5) is 0. The molecule has 128 valence electrons. The molecule has 0 spiro atoms. The van der Waals surface area contributed by atoms with Gasteiger partial charge < -0.3 is 4.74 Å². The quantitative estimate of drug-likeness (QED) is 0.700. The number of benzene rings is 2. The van der Waals surface area contributed by atoms with Gasteiger partial charge in [0.05, 0.1) is 6.10 Å². The minimum atomic E-state index is -0.767. The maximum absolute atomic E-state index is 14.1. The summed E-state index contributed by atoms with van der Waals surface area (Å²) in [5.41, 5.74) is 2.59. The predicted octanol–water partition coefficient (Wildman–Crippen LogP) is 5.69. The van der Waals surface area contributed by atoms with E-state index in [9.17, 15) is 8.78 Å². The van der Waals surface area contributed by atoms with Crippen molar-refractivity contribution in [2.75, 3.05) is 6.61 Å². The summed E-state index contributed by atoms with van der Waals surface area (Å²) >= 11 is 0. The van der Waals surface area contributed by atoms with Crippen LogP contribution in [0.1, 0.15) is 37.3 Å². The lowest BCUT2D eigenvalue weighted by Gasteiger charge is -2.26. The fourth-order valence-electron chi connectivity index (χ4n) is 3.26. The second kappa shape index (κ2) is 7.43. The third-order valence-corrected chi connectivity index (χ3v) is 4.98. The zero-order valence-electron chi connectivity index (χ0n) is 14.3. The van der Waals surface area contributed by atoms with Crippen molar-refractivity contribution in [1.29, 1.82) is 0 Å². The molecule has 0 aliphatic carbocycles. The Labute approximate surface area is 142 Å². The van der Waals surface area contributed by atoms with Crippen LogP contribution in [0.15, 0.2) is 36.4 Å². The Morgan fingerprint density at radius 1 is 1.00 bits per heavy atom. The van der Waals surface area contributed by atoms with Crippen LogP contribution in [0.5, 0.6) is 0 Å². The van der Waals surface area contributed by atoms with Crippen LogP contribution < -0.4 is 0 Å². The summed E-state index contributed by atoms with van der Waals surface area (Å²) in [6.45, 7) is 4.55. The highest BCUT2D eigenvalue weighted by Crippen LogP contribution is 2.27. The third kappa shape index (κ3) is 3.84. The van der Waals surface area contributed by atoms with Crippen LogP contribution in [0.4, 0.5) is 8.78 Å². The molecule has 1 aliphatic heterocycles. The van der Waals surface area contributed by atoms with E-state index in [0.29, 0.717) is 28.7 Å². The molecule has 0 saturated carbocycles. The van der Waals surface area contributed by atoms with Gasteiger partial charge in [0, 0.05) is 12.2 Å². The van der Waals surface area contributed by atoms with Gasteiger partial charge in [-0.25, -0.2) is 8.78 Å². The van der Waals surface area contributed by atoms with Gasteiger partial charge in [-0.1, -0.05) is 36.4 Å². The molecule has 3 heteroatoms. The van der Waals surface area contributed by atoms with Crippen molar-refractivity contribution in [3.8, 4) is 11.1 Å². The molecule has 0 amide bonds. The Balaban J connectivity index is 1.64. The van der Waals surface area contributed by atoms with Gasteiger partial charge in [0.1, 0.15) is 0 Å². The number of halogens is 2. The number of aryl methyl sites for hydroxylation is 2. The molecule has 2 unspecified atom stereocenters. The summed E-state index contributed by atoms with van der Waals surface area (Å²) in [5.74, 6) is -0.899. The number of hydrogen-bond donors (Lipinski definition) is 0. The molecule has 2 atom stereocenters. The molecular weight excluding hydrogens is 306 g/mol. The zero-order chi connectivity index (χ0) is 17.1. The highest BCUT2D eigenvalue weighted by Gasteiger charge is 2.18. The summed E-state index contributed by atoms with van der Waals surface area (Å²) < 4.78 is 33.5. The molecule has 0 aromatic heterocycles. The molecule has 1 saturated heterocycles. The number of ether oxygens (including phenoxy) is 1. The Morgan fingerprint density at radius 3 is 2.42 bits per heavy atom. The number of hydrogen-bond acceptors (Lipinski definition) is 1. The minimum Gasteiger partial charge on any atom is -0.378 e. The van der Waals surface area contributed by atoms with Crippen molar-refractivity contribution >= 4 is 0 Å². The molecule has 1 heterocycles. The van der Waals surface area contributed by atoms with Crippen molar-refractivity contribution < 1.29 is 13.5 Å². The van der Waals surface area contributed by atoms with E-state index >= 15 is 0 Å². The van der Waals surface area contributed by atoms with Gasteiger partial charge in [-0.2, -0.15) is 0 Å². The van der Waals surface area contributed by atoms with Crippen LogP contribution in [0.25, 0.3) is 11.1 Å². The Kier molecular flexibility index (Phi) is 5.30. The standard InChI is InChI=1S/C21H24F2O/c1-14-3-12-19(21(23)20(14)22)18-10-8-16(9-11-18)6-7-17-5-4-15(2)24-13-17/h3,8-12,15,17H,4-7,13H2,1-2H3. The van der Waals surface area contributed by atoms with E-state index in [2.05, 4.69) is 6.92 Å². The molecule has 2 aromatic carbocycles. The third-order valence-electron chi connectivity index (χ3n) is 4.98. The maximum atomic E-state index is 14.1. The molecule has 3 rings (SSSR count). The maximum Gasteiger partial charge on any atom is 0.166 e. The van der Waals surface area contributed by atoms with Gasteiger partial charge in [0.2, 0.25) is 0 Å². The van der Waals surface area contributed by atoms with E-state index < -0.39 is 11.6 Å². The molecule has 0 radical (unpaired) electrons. The van der Waals surface area contributed by atoms with Crippen LogP contribution in [-0.2, 0) is 11.2 Å². The van der Waals surface area contributed by atoms with Gasteiger partial charge >= 0.3 is 0 Å². The van der Waals surface area contributed by atoms with Crippen LogP contribution in [0, 0.1) is 24.5 Å². The van der Waals surface area contributed by atoms with Gasteiger partial charge in [0.15, 0.2) is 11.6 Å². The fraction of sp³-hybridized carbons (Fsp3) is 0.429. The lowest BCUT2D eigenvalue weighted by Crippen LogP contribution is -2.23. The second-order valence-corrected chi connectivity index (χ2v) is 6.88. The first-order valence-corrected chi connectivity index (χ1v) is 8.70. The van der Waals surface area contributed by atoms with E-state index in [4.69, 9.17) is 4.74 Å². The average molecular weight is 330 g/mol.